The summed E-state index contributed by atoms with van der Waals surface area (Å²) in [5, 5.41) is 8.87. The first kappa shape index (κ1) is 10.5. The number of hydrogen-bond donors (Lipinski definition) is 0. The number of nitrogens with zero attached hydrogens (tertiary/aromatic N) is 3. The van der Waals surface area contributed by atoms with Crippen molar-refractivity contribution < 1.29 is 8.81 Å². The minimum atomic E-state index is -0.370. The van der Waals surface area contributed by atoms with E-state index in [0.717, 1.165) is 0 Å². The lowest BCUT2D eigenvalue weighted by atomic mass is 10.2. The van der Waals surface area contributed by atoms with Crippen LogP contribution in [0, 0.1) is 17.1 Å². The van der Waals surface area contributed by atoms with Crippen molar-refractivity contribution in [1.29, 1.82) is 5.26 Å². The zero-order chi connectivity index (χ0) is 12.5. The summed E-state index contributed by atoms with van der Waals surface area (Å²) in [6.45, 7) is 0. The molecule has 0 saturated heterocycles. The van der Waals surface area contributed by atoms with Gasteiger partial charge in [0.15, 0.2) is 5.76 Å². The Labute approximate surface area is 102 Å². The van der Waals surface area contributed by atoms with Gasteiger partial charge in [0, 0.05) is 6.20 Å². The van der Waals surface area contributed by atoms with Crippen LogP contribution in [-0.2, 0) is 6.42 Å². The van der Waals surface area contributed by atoms with Gasteiger partial charge in [0.1, 0.15) is 17.2 Å². The number of aromatic nitrogens is 2. The van der Waals surface area contributed by atoms with Crippen LogP contribution in [0.15, 0.2) is 41.1 Å². The second kappa shape index (κ2) is 4.00. The SMILES string of the molecule is N#CCc1c(-c2ccco2)nc2ccc(F)cn12. The Morgan fingerprint density at radius 2 is 2.28 bits per heavy atom. The van der Waals surface area contributed by atoms with Crippen LogP contribution in [0.1, 0.15) is 5.69 Å². The fraction of sp³-hybridized carbons (Fsp3) is 0.0769. The third-order valence-corrected chi connectivity index (χ3v) is 2.68. The van der Waals surface area contributed by atoms with E-state index in [1.54, 1.807) is 22.6 Å². The van der Waals surface area contributed by atoms with Crippen molar-refractivity contribution >= 4 is 5.65 Å². The summed E-state index contributed by atoms with van der Waals surface area (Å²) in [5.41, 5.74) is 1.79. The van der Waals surface area contributed by atoms with Crippen LogP contribution in [0.25, 0.3) is 17.1 Å². The van der Waals surface area contributed by atoms with Gasteiger partial charge in [0.25, 0.3) is 0 Å². The molecule has 4 nitrogen and oxygen atoms in total. The molecule has 3 rings (SSSR count). The van der Waals surface area contributed by atoms with Crippen molar-refractivity contribution in [3.63, 3.8) is 0 Å². The molecule has 18 heavy (non-hydrogen) atoms. The molecular weight excluding hydrogens is 233 g/mol. The van der Waals surface area contributed by atoms with Crippen LogP contribution in [0.3, 0.4) is 0 Å². The summed E-state index contributed by atoms with van der Waals surface area (Å²) < 4.78 is 20.1. The summed E-state index contributed by atoms with van der Waals surface area (Å²) >= 11 is 0. The minimum absolute atomic E-state index is 0.140. The van der Waals surface area contributed by atoms with Crippen molar-refractivity contribution in [3.8, 4) is 17.5 Å². The van der Waals surface area contributed by atoms with E-state index in [9.17, 15) is 4.39 Å². The summed E-state index contributed by atoms with van der Waals surface area (Å²) in [7, 11) is 0. The standard InChI is InChI=1S/C13H8FN3O/c14-9-3-4-12-16-13(11-2-1-7-18-11)10(5-6-15)17(12)8-9/h1-4,7-8H,5H2. The summed E-state index contributed by atoms with van der Waals surface area (Å²) in [6, 6.07) is 8.48. The highest BCUT2D eigenvalue weighted by atomic mass is 19.1. The number of furan rings is 1. The van der Waals surface area contributed by atoms with Crippen LogP contribution in [0.5, 0.6) is 0 Å². The molecule has 0 aromatic carbocycles. The topological polar surface area (TPSA) is 54.2 Å². The highest BCUT2D eigenvalue weighted by Gasteiger charge is 2.15. The van der Waals surface area contributed by atoms with E-state index in [-0.39, 0.29) is 12.2 Å². The lowest BCUT2D eigenvalue weighted by molar-refractivity contribution is 0.579. The molecule has 0 aliphatic rings. The quantitative estimate of drug-likeness (QED) is 0.693. The molecule has 0 atom stereocenters. The van der Waals surface area contributed by atoms with E-state index in [2.05, 4.69) is 11.1 Å². The lowest BCUT2D eigenvalue weighted by Gasteiger charge is -1.98. The molecule has 0 saturated carbocycles. The Morgan fingerprint density at radius 3 is 3.00 bits per heavy atom. The highest BCUT2D eigenvalue weighted by Crippen LogP contribution is 2.25. The number of nitriles is 1. The zero-order valence-electron chi connectivity index (χ0n) is 9.30. The largest absolute Gasteiger partial charge is 0.463 e. The van der Waals surface area contributed by atoms with Gasteiger partial charge in [0.05, 0.1) is 24.4 Å². The molecule has 88 valence electrons. The van der Waals surface area contributed by atoms with Crippen LogP contribution in [-0.4, -0.2) is 9.38 Å². The predicted octanol–water partition coefficient (Wildman–Crippen LogP) is 2.80. The van der Waals surface area contributed by atoms with Gasteiger partial charge in [-0.25, -0.2) is 9.37 Å². The van der Waals surface area contributed by atoms with Gasteiger partial charge >= 0.3 is 0 Å². The Balaban J connectivity index is 2.31. The van der Waals surface area contributed by atoms with E-state index in [0.29, 0.717) is 22.8 Å². The van der Waals surface area contributed by atoms with Crippen LogP contribution >= 0.6 is 0 Å². The van der Waals surface area contributed by atoms with Crippen LogP contribution in [0.2, 0.25) is 0 Å². The molecule has 0 fully saturated rings. The van der Waals surface area contributed by atoms with Gasteiger partial charge in [-0.05, 0) is 24.3 Å². The maximum atomic E-state index is 13.3. The number of hydrogen-bond acceptors (Lipinski definition) is 3. The molecule has 0 spiro atoms. The number of rotatable bonds is 2. The van der Waals surface area contributed by atoms with Gasteiger partial charge in [-0.1, -0.05) is 0 Å². The third kappa shape index (κ3) is 1.55. The van der Waals surface area contributed by atoms with Crippen molar-refractivity contribution in [2.45, 2.75) is 6.42 Å². The first-order valence-corrected chi connectivity index (χ1v) is 5.37. The highest BCUT2D eigenvalue weighted by molar-refractivity contribution is 5.62. The van der Waals surface area contributed by atoms with E-state index in [1.807, 2.05) is 0 Å². The number of halogens is 1. The first-order valence-electron chi connectivity index (χ1n) is 5.37. The minimum Gasteiger partial charge on any atom is -0.463 e. The Morgan fingerprint density at radius 1 is 1.39 bits per heavy atom. The molecule has 0 unspecified atom stereocenters. The molecule has 3 aromatic rings. The van der Waals surface area contributed by atoms with Gasteiger partial charge in [-0.3, -0.25) is 4.40 Å². The number of pyridine rings is 1. The lowest BCUT2D eigenvalue weighted by Crippen LogP contribution is -1.94. The summed E-state index contributed by atoms with van der Waals surface area (Å²) in [6.07, 6.45) is 3.00. The van der Waals surface area contributed by atoms with Gasteiger partial charge in [0.2, 0.25) is 0 Å². The molecule has 0 amide bonds. The maximum absolute atomic E-state index is 13.3. The molecule has 0 bridgehead atoms. The van der Waals surface area contributed by atoms with E-state index in [1.165, 1.54) is 18.5 Å². The van der Waals surface area contributed by atoms with Crippen LogP contribution in [0.4, 0.5) is 4.39 Å². The second-order valence-electron chi connectivity index (χ2n) is 3.79. The fourth-order valence-electron chi connectivity index (χ4n) is 1.92. The molecule has 0 radical (unpaired) electrons. The maximum Gasteiger partial charge on any atom is 0.154 e. The first-order chi connectivity index (χ1) is 8.79. The molecule has 3 aromatic heterocycles. The van der Waals surface area contributed by atoms with Crippen LogP contribution < -0.4 is 0 Å². The molecule has 3 heterocycles. The zero-order valence-corrected chi connectivity index (χ0v) is 9.30. The fourth-order valence-corrected chi connectivity index (χ4v) is 1.92. The van der Waals surface area contributed by atoms with Crippen molar-refractivity contribution in [2.75, 3.05) is 0 Å². The Bertz CT molecular complexity index is 738. The molecule has 0 aliphatic heterocycles. The molecule has 0 aliphatic carbocycles. The normalized spacial score (nSPS) is 10.7. The summed E-state index contributed by atoms with van der Waals surface area (Å²) in [5.74, 6) is 0.203. The monoisotopic (exact) mass is 241 g/mol. The molecule has 5 heteroatoms. The molecular formula is C13H8FN3O. The smallest absolute Gasteiger partial charge is 0.154 e. The van der Waals surface area contributed by atoms with Crippen molar-refractivity contribution in [2.24, 2.45) is 0 Å². The Kier molecular flexibility index (Phi) is 2.34. The third-order valence-electron chi connectivity index (χ3n) is 2.68. The Hall–Kier alpha value is -2.61. The van der Waals surface area contributed by atoms with E-state index < -0.39 is 0 Å². The van der Waals surface area contributed by atoms with Gasteiger partial charge in [-0.15, -0.1) is 0 Å². The van der Waals surface area contributed by atoms with Crippen molar-refractivity contribution in [1.82, 2.24) is 9.38 Å². The average molecular weight is 241 g/mol. The summed E-state index contributed by atoms with van der Waals surface area (Å²) in [4.78, 5) is 4.37. The second-order valence-corrected chi connectivity index (χ2v) is 3.79. The van der Waals surface area contributed by atoms with E-state index >= 15 is 0 Å². The van der Waals surface area contributed by atoms with E-state index in [4.69, 9.17) is 9.68 Å². The average Bonchev–Trinajstić information content (AvgIpc) is 2.98. The van der Waals surface area contributed by atoms with Gasteiger partial charge in [-0.2, -0.15) is 5.26 Å². The number of fused-ring (bicyclic) bond motifs is 1. The predicted molar refractivity (Wildman–Crippen MR) is 62.2 cm³/mol. The number of imidazole rings is 1. The van der Waals surface area contributed by atoms with Gasteiger partial charge < -0.3 is 4.42 Å². The van der Waals surface area contributed by atoms with Crippen molar-refractivity contribution in [3.05, 3.63) is 48.2 Å². The molecule has 0 N–H and O–H groups in total.